The van der Waals surface area contributed by atoms with Crippen molar-refractivity contribution < 1.29 is 0 Å². The Kier molecular flexibility index (Phi) is 11.6. The molecule has 0 aromatic carbocycles. The highest BCUT2D eigenvalue weighted by Crippen LogP contribution is 2.41. The lowest BCUT2D eigenvalue weighted by Gasteiger charge is -2.36. The molecule has 0 aliphatic heterocycles. The molecule has 0 rings (SSSR count). The fourth-order valence-electron chi connectivity index (χ4n) is 4.11. The van der Waals surface area contributed by atoms with Gasteiger partial charge in [0.2, 0.25) is 0 Å². The van der Waals surface area contributed by atoms with Crippen LogP contribution in [0.15, 0.2) is 0 Å². The Bertz CT molecular complexity index is 202. The van der Waals surface area contributed by atoms with E-state index in [1.807, 2.05) is 0 Å². The third-order valence-corrected chi connectivity index (χ3v) is 6.54. The van der Waals surface area contributed by atoms with Crippen LogP contribution in [0.25, 0.3) is 0 Å². The second kappa shape index (κ2) is 11.6. The predicted molar refractivity (Wildman–Crippen MR) is 102 cm³/mol. The lowest BCUT2D eigenvalue weighted by atomic mass is 9.51. The van der Waals surface area contributed by atoms with E-state index in [1.54, 1.807) is 0 Å². The zero-order chi connectivity index (χ0) is 16.2. The predicted octanol–water partition coefficient (Wildman–Crippen LogP) is 7.25. The average Bonchev–Trinajstić information content (AvgIpc) is 2.54. The van der Waals surface area contributed by atoms with Gasteiger partial charge in [-0.1, -0.05) is 106 Å². The van der Waals surface area contributed by atoms with E-state index in [4.69, 9.17) is 0 Å². The summed E-state index contributed by atoms with van der Waals surface area (Å²) in [6, 6.07) is 0. The van der Waals surface area contributed by atoms with Gasteiger partial charge in [0.05, 0.1) is 0 Å². The summed E-state index contributed by atoms with van der Waals surface area (Å²) in [5, 5.41) is 0. The maximum atomic E-state index is 2.42. The summed E-state index contributed by atoms with van der Waals surface area (Å²) in [5.74, 6) is 0. The Morgan fingerprint density at radius 2 is 0.905 bits per heavy atom. The summed E-state index contributed by atoms with van der Waals surface area (Å²) in [5.41, 5.74) is 1.29. The van der Waals surface area contributed by atoms with Crippen LogP contribution in [0.5, 0.6) is 0 Å². The average molecular weight is 294 g/mol. The maximum Gasteiger partial charge on any atom is 0.121 e. The van der Waals surface area contributed by atoms with Gasteiger partial charge in [-0.15, -0.1) is 0 Å². The molecule has 0 radical (unpaired) electrons. The zero-order valence-corrected chi connectivity index (χ0v) is 16.2. The van der Waals surface area contributed by atoms with Gasteiger partial charge in [0.25, 0.3) is 0 Å². The van der Waals surface area contributed by atoms with Gasteiger partial charge in [-0.2, -0.15) is 0 Å². The minimum atomic E-state index is 0.647. The molecule has 0 aliphatic carbocycles. The van der Waals surface area contributed by atoms with Crippen molar-refractivity contribution in [3.63, 3.8) is 0 Å². The summed E-state index contributed by atoms with van der Waals surface area (Å²) >= 11 is 0. The van der Waals surface area contributed by atoms with Crippen LogP contribution in [0.2, 0.25) is 12.6 Å². The van der Waals surface area contributed by atoms with Crippen LogP contribution in [-0.2, 0) is 0 Å². The molecule has 0 spiro atoms. The van der Waals surface area contributed by atoms with Gasteiger partial charge < -0.3 is 0 Å². The lowest BCUT2D eigenvalue weighted by molar-refractivity contribution is 0.250. The second-order valence-corrected chi connectivity index (χ2v) is 7.47. The Labute approximate surface area is 137 Å². The van der Waals surface area contributed by atoms with Crippen LogP contribution in [0.4, 0.5) is 0 Å². The Morgan fingerprint density at radius 3 is 1.14 bits per heavy atom. The van der Waals surface area contributed by atoms with Gasteiger partial charge in [0, 0.05) is 0 Å². The molecule has 0 aromatic heterocycles. The van der Waals surface area contributed by atoms with Crippen LogP contribution in [0.1, 0.15) is 106 Å². The highest BCUT2D eigenvalue weighted by Gasteiger charge is 2.29. The minimum absolute atomic E-state index is 0.647. The third kappa shape index (κ3) is 7.24. The molecule has 0 unspecified atom stereocenters. The maximum absolute atomic E-state index is 2.42. The lowest BCUT2D eigenvalue weighted by Crippen LogP contribution is -2.25. The molecule has 0 heterocycles. The second-order valence-electron chi connectivity index (χ2n) is 7.47. The third-order valence-electron chi connectivity index (χ3n) is 6.54. The Morgan fingerprint density at radius 1 is 0.571 bits per heavy atom. The van der Waals surface area contributed by atoms with E-state index in [0.717, 1.165) is 0 Å². The van der Waals surface area contributed by atoms with Crippen molar-refractivity contribution in [2.24, 2.45) is 10.8 Å². The molecule has 0 fully saturated rings. The summed E-state index contributed by atoms with van der Waals surface area (Å²) in [7, 11) is 1.46. The molecule has 0 saturated heterocycles. The quantitative estimate of drug-likeness (QED) is 0.296. The molecular formula is C20H43B. The van der Waals surface area contributed by atoms with E-state index in [9.17, 15) is 0 Å². The largest absolute Gasteiger partial charge is 0.121 e. The molecule has 0 saturated carbocycles. The van der Waals surface area contributed by atoms with E-state index >= 15 is 0 Å². The molecule has 0 aliphatic rings. The van der Waals surface area contributed by atoms with Gasteiger partial charge in [-0.3, -0.25) is 0 Å². The van der Waals surface area contributed by atoms with Gasteiger partial charge >= 0.3 is 0 Å². The molecule has 0 N–H and O–H groups in total. The van der Waals surface area contributed by atoms with Crippen molar-refractivity contribution in [3.8, 4) is 0 Å². The van der Waals surface area contributed by atoms with E-state index < -0.39 is 0 Å². The molecule has 0 nitrogen and oxygen atoms in total. The fourth-order valence-corrected chi connectivity index (χ4v) is 4.11. The number of hydrogen-bond donors (Lipinski definition) is 0. The molecule has 0 aromatic rings. The van der Waals surface area contributed by atoms with Gasteiger partial charge in [0.15, 0.2) is 0 Å². The molecule has 21 heavy (non-hydrogen) atoms. The molecule has 126 valence electrons. The minimum Gasteiger partial charge on any atom is -0.0718 e. The molecule has 0 atom stereocenters. The zero-order valence-electron chi connectivity index (χ0n) is 16.2. The van der Waals surface area contributed by atoms with Crippen molar-refractivity contribution in [1.82, 2.24) is 0 Å². The SMILES string of the molecule is CCCCC(CC)(CC)CBCC(CC)(CC)CCCC. The monoisotopic (exact) mass is 294 g/mol. The first-order valence-corrected chi connectivity index (χ1v) is 10.1. The number of unbranched alkanes of at least 4 members (excludes halogenated alkanes) is 2. The van der Waals surface area contributed by atoms with E-state index in [2.05, 4.69) is 41.5 Å². The van der Waals surface area contributed by atoms with E-state index in [1.165, 1.54) is 84.1 Å². The highest BCUT2D eigenvalue weighted by molar-refractivity contribution is 6.35. The number of hydrogen-bond acceptors (Lipinski definition) is 0. The molecule has 0 bridgehead atoms. The van der Waals surface area contributed by atoms with Crippen LogP contribution < -0.4 is 0 Å². The first-order valence-electron chi connectivity index (χ1n) is 10.1. The Balaban J connectivity index is 4.49. The summed E-state index contributed by atoms with van der Waals surface area (Å²) < 4.78 is 0. The topological polar surface area (TPSA) is 0 Å². The summed E-state index contributed by atoms with van der Waals surface area (Å²) in [6.45, 7) is 14.3. The van der Waals surface area contributed by atoms with Crippen molar-refractivity contribution in [3.05, 3.63) is 0 Å². The van der Waals surface area contributed by atoms with Gasteiger partial charge in [-0.25, -0.2) is 0 Å². The van der Waals surface area contributed by atoms with Crippen molar-refractivity contribution in [2.75, 3.05) is 0 Å². The molecule has 1 heteroatoms. The first-order chi connectivity index (χ1) is 10.1. The smallest absolute Gasteiger partial charge is 0.0718 e. The summed E-state index contributed by atoms with van der Waals surface area (Å²) in [4.78, 5) is 0. The number of rotatable bonds is 14. The van der Waals surface area contributed by atoms with E-state index in [-0.39, 0.29) is 0 Å². The normalized spacial score (nSPS) is 12.7. The Hall–Kier alpha value is 0.0649. The van der Waals surface area contributed by atoms with Gasteiger partial charge in [0.1, 0.15) is 7.28 Å². The van der Waals surface area contributed by atoms with Crippen molar-refractivity contribution >= 4 is 7.28 Å². The van der Waals surface area contributed by atoms with Crippen molar-refractivity contribution in [2.45, 2.75) is 118 Å². The molecule has 0 amide bonds. The van der Waals surface area contributed by atoms with Gasteiger partial charge in [-0.05, 0) is 23.7 Å². The van der Waals surface area contributed by atoms with Crippen LogP contribution >= 0.6 is 0 Å². The standard InChI is InChI=1S/C20H43B/c1-7-13-15-19(9-3,10-4)17-21-18-20(11-5,12-6)16-14-8-2/h21H,7-18H2,1-6H3. The molecular weight excluding hydrogens is 251 g/mol. The van der Waals surface area contributed by atoms with Crippen LogP contribution in [0, 0.1) is 10.8 Å². The first kappa shape index (κ1) is 21.1. The highest BCUT2D eigenvalue weighted by atomic mass is 14.3. The summed E-state index contributed by atoms with van der Waals surface area (Å²) in [6.07, 6.45) is 16.9. The van der Waals surface area contributed by atoms with Crippen LogP contribution in [0.3, 0.4) is 0 Å². The van der Waals surface area contributed by atoms with Crippen molar-refractivity contribution in [1.29, 1.82) is 0 Å². The van der Waals surface area contributed by atoms with E-state index in [0.29, 0.717) is 10.8 Å². The van der Waals surface area contributed by atoms with Crippen LogP contribution in [-0.4, -0.2) is 7.28 Å². The fraction of sp³-hybridized carbons (Fsp3) is 1.00.